The fourth-order valence-electron chi connectivity index (χ4n) is 5.03. The van der Waals surface area contributed by atoms with E-state index in [0.717, 1.165) is 38.0 Å². The average molecular weight is 457 g/mol. The minimum atomic E-state index is 0.176. The Morgan fingerprint density at radius 1 is 1.00 bits per heavy atom. The molecule has 29 heavy (non-hydrogen) atoms. The highest BCUT2D eigenvalue weighted by molar-refractivity contribution is 9.10. The summed E-state index contributed by atoms with van der Waals surface area (Å²) in [5.74, 6) is 2.85. The lowest BCUT2D eigenvalue weighted by atomic mass is 9.74. The maximum Gasteiger partial charge on any atom is 0.122 e. The molecule has 0 N–H and O–H groups in total. The van der Waals surface area contributed by atoms with E-state index in [0.29, 0.717) is 23.9 Å². The third-order valence-electron chi connectivity index (χ3n) is 7.21. The lowest BCUT2D eigenvalue weighted by Gasteiger charge is -2.44. The second-order valence-electron chi connectivity index (χ2n) is 9.00. The number of rotatable bonds is 4. The van der Waals surface area contributed by atoms with Crippen molar-refractivity contribution in [1.82, 2.24) is 0 Å². The molecular weight excluding hydrogens is 424 g/mol. The van der Waals surface area contributed by atoms with Crippen LogP contribution in [0.2, 0.25) is 0 Å². The molecular formula is C26H33BrO2. The standard InChI is InChI=1S/C26H33BrO2/c1-5-24-17(3)16(2)18(4)26(29-24)21-9-10-23(27)22(15-21)14-19-8-11-25-20(13-19)7-6-12-28-25/h8-11,13,15-18,24,26H,5-7,12,14H2,1-4H3/t16-,17-,18+,24+,26?/m0/s1. The van der Waals surface area contributed by atoms with E-state index in [4.69, 9.17) is 9.47 Å². The van der Waals surface area contributed by atoms with Gasteiger partial charge in [-0.15, -0.1) is 0 Å². The highest BCUT2D eigenvalue weighted by atomic mass is 79.9. The van der Waals surface area contributed by atoms with E-state index < -0.39 is 0 Å². The van der Waals surface area contributed by atoms with Crippen LogP contribution in [0.15, 0.2) is 40.9 Å². The summed E-state index contributed by atoms with van der Waals surface area (Å²) in [5, 5.41) is 0. The number of benzene rings is 2. The first-order valence-electron chi connectivity index (χ1n) is 11.2. The number of ether oxygens (including phenoxy) is 2. The second-order valence-corrected chi connectivity index (χ2v) is 9.86. The molecule has 0 bridgehead atoms. The lowest BCUT2D eigenvalue weighted by Crippen LogP contribution is -2.40. The van der Waals surface area contributed by atoms with E-state index in [2.05, 4.69) is 80.0 Å². The molecule has 0 amide bonds. The van der Waals surface area contributed by atoms with Crippen molar-refractivity contribution in [3.8, 4) is 5.75 Å². The molecule has 0 aromatic heterocycles. The van der Waals surface area contributed by atoms with E-state index in [1.165, 1.54) is 26.7 Å². The Morgan fingerprint density at radius 2 is 1.83 bits per heavy atom. The molecule has 2 aromatic carbocycles. The van der Waals surface area contributed by atoms with Crippen molar-refractivity contribution in [1.29, 1.82) is 0 Å². The van der Waals surface area contributed by atoms with Gasteiger partial charge in [-0.3, -0.25) is 0 Å². The van der Waals surface area contributed by atoms with Gasteiger partial charge in [0, 0.05) is 4.47 Å². The van der Waals surface area contributed by atoms with Crippen LogP contribution in [-0.4, -0.2) is 12.7 Å². The molecule has 2 aromatic rings. The van der Waals surface area contributed by atoms with E-state index in [1.54, 1.807) is 0 Å². The number of hydrogen-bond acceptors (Lipinski definition) is 2. The number of fused-ring (bicyclic) bond motifs is 1. The summed E-state index contributed by atoms with van der Waals surface area (Å²) in [7, 11) is 0. The molecule has 1 saturated heterocycles. The smallest absolute Gasteiger partial charge is 0.122 e. The molecule has 0 spiro atoms. The summed E-state index contributed by atoms with van der Waals surface area (Å²) < 4.78 is 13.6. The van der Waals surface area contributed by atoms with Gasteiger partial charge in [0.15, 0.2) is 0 Å². The average Bonchev–Trinajstić information content (AvgIpc) is 2.74. The molecule has 2 nitrogen and oxygen atoms in total. The van der Waals surface area contributed by atoms with Crippen molar-refractivity contribution in [2.45, 2.75) is 65.6 Å². The fraction of sp³-hybridized carbons (Fsp3) is 0.538. The Hall–Kier alpha value is -1.32. The highest BCUT2D eigenvalue weighted by Crippen LogP contribution is 2.44. The Bertz CT molecular complexity index is 860. The van der Waals surface area contributed by atoms with Crippen LogP contribution >= 0.6 is 15.9 Å². The maximum atomic E-state index is 6.60. The third kappa shape index (κ3) is 4.27. The third-order valence-corrected chi connectivity index (χ3v) is 7.99. The van der Waals surface area contributed by atoms with Gasteiger partial charge >= 0.3 is 0 Å². The van der Waals surface area contributed by atoms with Gasteiger partial charge in [0.2, 0.25) is 0 Å². The van der Waals surface area contributed by atoms with Gasteiger partial charge in [-0.1, -0.05) is 67.9 Å². The molecule has 5 atom stereocenters. The van der Waals surface area contributed by atoms with Gasteiger partial charge in [-0.05, 0) is 77.8 Å². The Kier molecular flexibility index (Phi) is 6.36. The largest absolute Gasteiger partial charge is 0.493 e. The molecule has 2 heterocycles. The highest BCUT2D eigenvalue weighted by Gasteiger charge is 2.38. The van der Waals surface area contributed by atoms with Gasteiger partial charge in [-0.2, -0.15) is 0 Å². The summed E-state index contributed by atoms with van der Waals surface area (Å²) in [6, 6.07) is 13.5. The molecule has 0 radical (unpaired) electrons. The quantitative estimate of drug-likeness (QED) is 0.487. The molecule has 156 valence electrons. The summed E-state index contributed by atoms with van der Waals surface area (Å²) in [6.45, 7) is 10.2. The number of halogens is 1. The minimum absolute atomic E-state index is 0.176. The van der Waals surface area contributed by atoms with Crippen LogP contribution in [0.5, 0.6) is 5.75 Å². The Balaban J connectivity index is 1.59. The molecule has 1 unspecified atom stereocenters. The normalized spacial score (nSPS) is 29.2. The van der Waals surface area contributed by atoms with Gasteiger partial charge in [-0.25, -0.2) is 0 Å². The minimum Gasteiger partial charge on any atom is -0.493 e. The summed E-state index contributed by atoms with van der Waals surface area (Å²) in [4.78, 5) is 0. The fourth-order valence-corrected chi connectivity index (χ4v) is 5.42. The molecule has 4 rings (SSSR count). The van der Waals surface area contributed by atoms with Crippen molar-refractivity contribution >= 4 is 15.9 Å². The number of hydrogen-bond donors (Lipinski definition) is 0. The Morgan fingerprint density at radius 3 is 2.62 bits per heavy atom. The molecule has 2 aliphatic heterocycles. The zero-order valence-corrected chi connectivity index (χ0v) is 19.7. The van der Waals surface area contributed by atoms with Crippen LogP contribution in [0.25, 0.3) is 0 Å². The van der Waals surface area contributed by atoms with E-state index >= 15 is 0 Å². The molecule has 1 fully saturated rings. The summed E-state index contributed by atoms with van der Waals surface area (Å²) in [6.07, 6.45) is 4.75. The monoisotopic (exact) mass is 456 g/mol. The van der Waals surface area contributed by atoms with Crippen LogP contribution in [0, 0.1) is 17.8 Å². The van der Waals surface area contributed by atoms with Crippen molar-refractivity contribution in [2.75, 3.05) is 6.61 Å². The zero-order chi connectivity index (χ0) is 20.5. The van der Waals surface area contributed by atoms with Crippen LogP contribution in [0.1, 0.15) is 68.9 Å². The van der Waals surface area contributed by atoms with Crippen molar-refractivity contribution < 1.29 is 9.47 Å². The first kappa shape index (κ1) is 20.9. The molecule has 2 aliphatic rings. The molecule has 0 saturated carbocycles. The van der Waals surface area contributed by atoms with E-state index in [1.807, 2.05) is 0 Å². The molecule has 0 aliphatic carbocycles. The van der Waals surface area contributed by atoms with Crippen molar-refractivity contribution in [3.63, 3.8) is 0 Å². The summed E-state index contributed by atoms with van der Waals surface area (Å²) >= 11 is 3.78. The first-order valence-corrected chi connectivity index (χ1v) is 12.0. The van der Waals surface area contributed by atoms with Gasteiger partial charge in [0.25, 0.3) is 0 Å². The SMILES string of the molecule is CC[C@H]1OC(c2ccc(Br)c(Cc3ccc4c(c3)CCCO4)c2)[C@H](C)[C@@H](C)[C@@H]1C. The maximum absolute atomic E-state index is 6.60. The van der Waals surface area contributed by atoms with Gasteiger partial charge in [0.1, 0.15) is 5.75 Å². The van der Waals surface area contributed by atoms with Crippen LogP contribution in [0.4, 0.5) is 0 Å². The summed E-state index contributed by atoms with van der Waals surface area (Å²) in [5.41, 5.74) is 5.33. The Labute approximate surface area is 184 Å². The van der Waals surface area contributed by atoms with Crippen LogP contribution in [-0.2, 0) is 17.6 Å². The van der Waals surface area contributed by atoms with E-state index in [9.17, 15) is 0 Å². The first-order chi connectivity index (χ1) is 14.0. The number of aryl methyl sites for hydroxylation is 1. The molecule has 3 heteroatoms. The second kappa shape index (κ2) is 8.81. The lowest BCUT2D eigenvalue weighted by molar-refractivity contribution is -0.136. The van der Waals surface area contributed by atoms with Gasteiger partial charge in [0.05, 0.1) is 18.8 Å². The van der Waals surface area contributed by atoms with Crippen molar-refractivity contribution in [2.24, 2.45) is 17.8 Å². The zero-order valence-electron chi connectivity index (χ0n) is 18.1. The van der Waals surface area contributed by atoms with Gasteiger partial charge < -0.3 is 9.47 Å². The van der Waals surface area contributed by atoms with Crippen molar-refractivity contribution in [3.05, 3.63) is 63.1 Å². The van der Waals surface area contributed by atoms with E-state index in [-0.39, 0.29) is 6.10 Å². The predicted molar refractivity (Wildman–Crippen MR) is 123 cm³/mol. The van der Waals surface area contributed by atoms with Crippen LogP contribution in [0.3, 0.4) is 0 Å². The topological polar surface area (TPSA) is 18.5 Å². The van der Waals surface area contributed by atoms with Crippen LogP contribution < -0.4 is 4.74 Å². The predicted octanol–water partition coefficient (Wildman–Crippen LogP) is 7.12.